The van der Waals surface area contributed by atoms with Crippen LogP contribution in [-0.4, -0.2) is 21.4 Å². The summed E-state index contributed by atoms with van der Waals surface area (Å²) < 4.78 is 31.4. The number of hydrogen-bond donors (Lipinski definition) is 0. The van der Waals surface area contributed by atoms with E-state index in [4.69, 9.17) is 16.3 Å². The van der Waals surface area contributed by atoms with Gasteiger partial charge in [0.1, 0.15) is 5.75 Å². The second-order valence-electron chi connectivity index (χ2n) is 4.81. The summed E-state index contributed by atoms with van der Waals surface area (Å²) in [6.07, 6.45) is 0. The maximum Gasteiger partial charge on any atom is 0.271 e. The number of sulfonamides is 1. The summed E-state index contributed by atoms with van der Waals surface area (Å²) in [4.78, 5) is 11.9. The van der Waals surface area contributed by atoms with Crippen molar-refractivity contribution in [2.75, 3.05) is 11.4 Å². The number of hydrogen-bond acceptors (Lipinski definition) is 4. The number of methoxy groups -OCH3 is 1. The van der Waals surface area contributed by atoms with E-state index < -0.39 is 15.9 Å². The van der Waals surface area contributed by atoms with Gasteiger partial charge >= 0.3 is 0 Å². The number of amides is 1. The molecule has 0 N–H and O–H groups in total. The van der Waals surface area contributed by atoms with E-state index in [0.717, 1.165) is 4.31 Å². The lowest BCUT2D eigenvalue weighted by Gasteiger charge is -2.30. The monoisotopic (exact) mass is 337 g/mol. The predicted octanol–water partition coefficient (Wildman–Crippen LogP) is 3.07. The molecule has 1 amide bonds. The molecule has 1 heterocycles. The van der Waals surface area contributed by atoms with Gasteiger partial charge in [-0.1, -0.05) is 11.6 Å². The Hall–Kier alpha value is -2.05. The molecule has 0 radical (unpaired) electrons. The molecule has 22 heavy (non-hydrogen) atoms. The minimum atomic E-state index is -3.95. The molecule has 2 aromatic carbocycles. The van der Waals surface area contributed by atoms with Crippen molar-refractivity contribution in [3.05, 3.63) is 41.4 Å². The molecule has 0 spiro atoms. The standard InChI is InChI=1S/C15H12ClNO4S/c1-9(18)17-14-5-4-11(21-2)8-12(14)13-7-10(16)3-6-15(13)22(17,19)20/h3-8H,1-2H3. The van der Waals surface area contributed by atoms with Gasteiger partial charge in [-0.2, -0.15) is 0 Å². The zero-order valence-electron chi connectivity index (χ0n) is 11.8. The van der Waals surface area contributed by atoms with Crippen molar-refractivity contribution < 1.29 is 17.9 Å². The Labute approximate surface area is 133 Å². The SMILES string of the molecule is COc1ccc2c(c1)-c1cc(Cl)ccc1S(=O)(=O)N2C(C)=O. The zero-order chi connectivity index (χ0) is 16.1. The minimum Gasteiger partial charge on any atom is -0.497 e. The molecule has 3 rings (SSSR count). The predicted molar refractivity (Wildman–Crippen MR) is 83.8 cm³/mol. The fourth-order valence-electron chi connectivity index (χ4n) is 2.54. The molecule has 114 valence electrons. The van der Waals surface area contributed by atoms with Crippen LogP contribution in [0.2, 0.25) is 5.02 Å². The fraction of sp³-hybridized carbons (Fsp3) is 0.133. The molecule has 0 atom stereocenters. The van der Waals surface area contributed by atoms with Crippen molar-refractivity contribution in [3.8, 4) is 16.9 Å². The van der Waals surface area contributed by atoms with Crippen LogP contribution in [0.25, 0.3) is 11.1 Å². The number of ether oxygens (including phenoxy) is 1. The Bertz CT molecular complexity index is 892. The van der Waals surface area contributed by atoms with E-state index in [-0.39, 0.29) is 4.90 Å². The van der Waals surface area contributed by atoms with Gasteiger partial charge in [0, 0.05) is 23.1 Å². The topological polar surface area (TPSA) is 63.7 Å². The normalized spacial score (nSPS) is 15.0. The lowest BCUT2D eigenvalue weighted by atomic mass is 10.0. The Morgan fingerprint density at radius 3 is 2.50 bits per heavy atom. The number of carbonyl (C=O) groups excluding carboxylic acids is 1. The third-order valence-corrected chi connectivity index (χ3v) is 5.54. The summed E-state index contributed by atoms with van der Waals surface area (Å²) in [6.45, 7) is 1.21. The van der Waals surface area contributed by atoms with Crippen molar-refractivity contribution in [1.29, 1.82) is 0 Å². The lowest BCUT2D eigenvalue weighted by molar-refractivity contribution is -0.115. The van der Waals surface area contributed by atoms with Gasteiger partial charge in [-0.15, -0.1) is 0 Å². The first kappa shape index (κ1) is 14.9. The fourth-order valence-corrected chi connectivity index (χ4v) is 4.35. The molecule has 5 nitrogen and oxygen atoms in total. The largest absolute Gasteiger partial charge is 0.497 e. The molecule has 0 saturated carbocycles. The third-order valence-electron chi connectivity index (χ3n) is 3.46. The summed E-state index contributed by atoms with van der Waals surface area (Å²) >= 11 is 6.00. The van der Waals surface area contributed by atoms with E-state index in [2.05, 4.69) is 0 Å². The Morgan fingerprint density at radius 2 is 1.86 bits per heavy atom. The summed E-state index contributed by atoms with van der Waals surface area (Å²) in [5, 5.41) is 0.416. The van der Waals surface area contributed by atoms with Crippen LogP contribution in [0.4, 0.5) is 5.69 Å². The highest BCUT2D eigenvalue weighted by atomic mass is 35.5. The van der Waals surface area contributed by atoms with Gasteiger partial charge in [-0.3, -0.25) is 4.79 Å². The van der Waals surface area contributed by atoms with E-state index in [1.54, 1.807) is 24.3 Å². The van der Waals surface area contributed by atoms with Gasteiger partial charge < -0.3 is 4.74 Å². The lowest BCUT2D eigenvalue weighted by Crippen LogP contribution is -2.38. The number of halogens is 1. The number of benzene rings is 2. The Balaban J connectivity index is 2.43. The quantitative estimate of drug-likeness (QED) is 0.802. The summed E-state index contributed by atoms with van der Waals surface area (Å²) in [5.74, 6) is -0.0144. The van der Waals surface area contributed by atoms with Gasteiger partial charge in [-0.25, -0.2) is 12.7 Å². The molecule has 0 fully saturated rings. The van der Waals surface area contributed by atoms with Crippen molar-refractivity contribution in [2.24, 2.45) is 0 Å². The van der Waals surface area contributed by atoms with Crippen molar-refractivity contribution >= 4 is 33.2 Å². The van der Waals surface area contributed by atoms with Crippen LogP contribution in [0.3, 0.4) is 0 Å². The van der Waals surface area contributed by atoms with E-state index in [1.807, 2.05) is 0 Å². The zero-order valence-corrected chi connectivity index (χ0v) is 13.4. The van der Waals surface area contributed by atoms with E-state index >= 15 is 0 Å². The van der Waals surface area contributed by atoms with Crippen molar-refractivity contribution in [2.45, 2.75) is 11.8 Å². The highest BCUT2D eigenvalue weighted by Gasteiger charge is 2.37. The van der Waals surface area contributed by atoms with Crippen molar-refractivity contribution in [3.63, 3.8) is 0 Å². The molecular weight excluding hydrogens is 326 g/mol. The first-order chi connectivity index (χ1) is 10.4. The van der Waals surface area contributed by atoms with Crippen LogP contribution in [0.15, 0.2) is 41.3 Å². The van der Waals surface area contributed by atoms with E-state index in [0.29, 0.717) is 27.6 Å². The molecule has 1 aliphatic heterocycles. The van der Waals surface area contributed by atoms with Crippen LogP contribution in [0, 0.1) is 0 Å². The first-order valence-electron chi connectivity index (χ1n) is 6.40. The summed E-state index contributed by atoms with van der Waals surface area (Å²) in [7, 11) is -2.43. The maximum absolute atomic E-state index is 12.7. The highest BCUT2D eigenvalue weighted by Crippen LogP contribution is 2.45. The van der Waals surface area contributed by atoms with Crippen LogP contribution in [-0.2, 0) is 14.8 Å². The number of nitrogens with zero attached hydrogens (tertiary/aromatic N) is 1. The maximum atomic E-state index is 12.7. The molecule has 7 heteroatoms. The summed E-state index contributed by atoms with van der Waals surface area (Å²) in [6, 6.07) is 9.32. The van der Waals surface area contributed by atoms with Gasteiger partial charge in [0.15, 0.2) is 0 Å². The molecule has 2 aromatic rings. The first-order valence-corrected chi connectivity index (χ1v) is 8.22. The third kappa shape index (κ3) is 2.07. The van der Waals surface area contributed by atoms with Crippen LogP contribution >= 0.6 is 11.6 Å². The van der Waals surface area contributed by atoms with Crippen molar-refractivity contribution in [1.82, 2.24) is 0 Å². The average molecular weight is 338 g/mol. The highest BCUT2D eigenvalue weighted by molar-refractivity contribution is 7.93. The number of anilines is 1. The van der Waals surface area contributed by atoms with E-state index in [1.165, 1.54) is 26.2 Å². The molecule has 0 unspecified atom stereocenters. The van der Waals surface area contributed by atoms with Gasteiger partial charge in [0.2, 0.25) is 5.91 Å². The Kier molecular flexibility index (Phi) is 3.38. The number of rotatable bonds is 1. The molecule has 1 aliphatic rings. The van der Waals surface area contributed by atoms with Gasteiger partial charge in [0.05, 0.1) is 17.7 Å². The molecule has 0 bridgehead atoms. The number of carbonyl (C=O) groups is 1. The number of fused-ring (bicyclic) bond motifs is 3. The van der Waals surface area contributed by atoms with Crippen LogP contribution in [0.5, 0.6) is 5.75 Å². The van der Waals surface area contributed by atoms with Gasteiger partial charge in [-0.05, 0) is 36.4 Å². The minimum absolute atomic E-state index is 0.0489. The van der Waals surface area contributed by atoms with Gasteiger partial charge in [0.25, 0.3) is 10.0 Å². The van der Waals surface area contributed by atoms with E-state index in [9.17, 15) is 13.2 Å². The molecule has 0 saturated heterocycles. The second kappa shape index (κ2) is 5.00. The Morgan fingerprint density at radius 1 is 1.14 bits per heavy atom. The molecule has 0 aromatic heterocycles. The van der Waals surface area contributed by atoms with Crippen LogP contribution < -0.4 is 9.04 Å². The summed E-state index contributed by atoms with van der Waals surface area (Å²) in [5.41, 5.74) is 1.34. The molecule has 0 aliphatic carbocycles. The second-order valence-corrected chi connectivity index (χ2v) is 7.00. The molecular formula is C15H12ClNO4S. The average Bonchev–Trinajstić information content (AvgIpc) is 2.46. The van der Waals surface area contributed by atoms with Crippen LogP contribution in [0.1, 0.15) is 6.92 Å². The smallest absolute Gasteiger partial charge is 0.271 e.